The van der Waals surface area contributed by atoms with Crippen molar-refractivity contribution >= 4 is 11.7 Å². The molecule has 1 aliphatic rings. The second-order valence-corrected chi connectivity index (χ2v) is 7.14. The lowest BCUT2D eigenvalue weighted by molar-refractivity contribution is -0.134. The van der Waals surface area contributed by atoms with E-state index in [4.69, 9.17) is 0 Å². The molecule has 2 atom stereocenters. The van der Waals surface area contributed by atoms with Crippen LogP contribution in [0.4, 0.5) is 4.39 Å². The number of likely N-dealkylation sites (tertiary alicyclic amines) is 1. The number of hydrogen-bond donors (Lipinski definition) is 1. The van der Waals surface area contributed by atoms with E-state index in [1.165, 1.54) is 24.3 Å². The molecular formula is C19H27FN2O3. The maximum absolute atomic E-state index is 12.9. The van der Waals surface area contributed by atoms with Crippen molar-refractivity contribution in [3.63, 3.8) is 0 Å². The van der Waals surface area contributed by atoms with Crippen molar-refractivity contribution in [2.24, 2.45) is 11.8 Å². The fourth-order valence-corrected chi connectivity index (χ4v) is 3.46. The van der Waals surface area contributed by atoms with Crippen molar-refractivity contribution in [3.8, 4) is 0 Å². The third-order valence-corrected chi connectivity index (χ3v) is 4.59. The summed E-state index contributed by atoms with van der Waals surface area (Å²) >= 11 is 0. The van der Waals surface area contributed by atoms with Crippen LogP contribution in [0.5, 0.6) is 0 Å². The molecule has 1 aromatic rings. The molecule has 1 saturated heterocycles. The molecule has 6 heteroatoms. The number of aliphatic hydroxyl groups excluding tert-OH is 1. The average Bonchev–Trinajstić information content (AvgIpc) is 2.59. The van der Waals surface area contributed by atoms with Gasteiger partial charge in [0.25, 0.3) is 0 Å². The molecular weight excluding hydrogens is 323 g/mol. The summed E-state index contributed by atoms with van der Waals surface area (Å²) < 4.78 is 12.9. The highest BCUT2D eigenvalue weighted by molar-refractivity contribution is 5.97. The summed E-state index contributed by atoms with van der Waals surface area (Å²) in [5.41, 5.74) is 0.423. The number of halogens is 1. The van der Waals surface area contributed by atoms with E-state index in [-0.39, 0.29) is 42.9 Å². The van der Waals surface area contributed by atoms with Gasteiger partial charge < -0.3 is 14.9 Å². The molecule has 2 rings (SSSR count). The van der Waals surface area contributed by atoms with E-state index in [9.17, 15) is 19.1 Å². The first kappa shape index (κ1) is 19.5. The number of aliphatic hydroxyl groups is 1. The number of nitrogens with zero attached hydrogens (tertiary/aromatic N) is 2. The molecule has 0 unspecified atom stereocenters. The molecule has 5 nitrogen and oxygen atoms in total. The van der Waals surface area contributed by atoms with Crippen molar-refractivity contribution in [1.82, 2.24) is 9.80 Å². The topological polar surface area (TPSA) is 60.9 Å². The number of piperidine rings is 1. The first-order chi connectivity index (χ1) is 11.9. The SMILES string of the molecule is CN(C)C[C@@H]1C[C@@H](CO)CN(C(=O)CCC(=O)c2ccc(F)cc2)C1. The summed E-state index contributed by atoms with van der Waals surface area (Å²) in [5, 5.41) is 9.50. The van der Waals surface area contributed by atoms with Crippen LogP contribution in [0.3, 0.4) is 0 Å². The summed E-state index contributed by atoms with van der Waals surface area (Å²) in [4.78, 5) is 28.5. The Morgan fingerprint density at radius 2 is 1.80 bits per heavy atom. The number of carbonyl (C=O) groups is 2. The lowest BCUT2D eigenvalue weighted by atomic mass is 9.89. The van der Waals surface area contributed by atoms with Gasteiger partial charge in [0.2, 0.25) is 5.91 Å². The molecule has 0 aliphatic carbocycles. The molecule has 0 aromatic heterocycles. The van der Waals surface area contributed by atoms with Crippen LogP contribution in [0.25, 0.3) is 0 Å². The number of rotatable bonds is 7. The number of carbonyl (C=O) groups excluding carboxylic acids is 2. The second kappa shape index (κ2) is 9.06. The molecule has 1 aromatic carbocycles. The van der Waals surface area contributed by atoms with Crippen LogP contribution in [0.15, 0.2) is 24.3 Å². The van der Waals surface area contributed by atoms with Crippen LogP contribution in [0, 0.1) is 17.7 Å². The van der Waals surface area contributed by atoms with E-state index in [1.807, 2.05) is 14.1 Å². The minimum absolute atomic E-state index is 0.0580. The Kier molecular flexibility index (Phi) is 7.08. The van der Waals surface area contributed by atoms with Gasteiger partial charge in [-0.3, -0.25) is 9.59 Å². The summed E-state index contributed by atoms with van der Waals surface area (Å²) in [7, 11) is 3.99. The molecule has 0 bridgehead atoms. The van der Waals surface area contributed by atoms with Crippen molar-refractivity contribution in [3.05, 3.63) is 35.6 Å². The number of hydrogen-bond acceptors (Lipinski definition) is 4. The Labute approximate surface area is 148 Å². The Morgan fingerprint density at radius 1 is 1.16 bits per heavy atom. The van der Waals surface area contributed by atoms with Gasteiger partial charge in [-0.15, -0.1) is 0 Å². The third kappa shape index (κ3) is 5.90. The van der Waals surface area contributed by atoms with Gasteiger partial charge in [0.15, 0.2) is 5.78 Å². The zero-order chi connectivity index (χ0) is 18.4. The normalized spacial score (nSPS) is 20.8. The largest absolute Gasteiger partial charge is 0.396 e. The highest BCUT2D eigenvalue weighted by Crippen LogP contribution is 2.23. The van der Waals surface area contributed by atoms with Crippen LogP contribution in [-0.4, -0.2) is 66.9 Å². The van der Waals surface area contributed by atoms with Gasteiger partial charge in [-0.25, -0.2) is 4.39 Å². The summed E-state index contributed by atoms with van der Waals surface area (Å²) in [6, 6.07) is 5.38. The Morgan fingerprint density at radius 3 is 2.40 bits per heavy atom. The molecule has 1 aliphatic heterocycles. The van der Waals surface area contributed by atoms with Gasteiger partial charge in [0.1, 0.15) is 5.82 Å². The number of benzene rings is 1. The number of ketones is 1. The van der Waals surface area contributed by atoms with Crippen LogP contribution >= 0.6 is 0 Å². The molecule has 0 spiro atoms. The molecule has 138 valence electrons. The summed E-state index contributed by atoms with van der Waals surface area (Å²) in [5.74, 6) is -0.178. The molecule has 0 saturated carbocycles. The van der Waals surface area contributed by atoms with Crippen molar-refractivity contribution in [1.29, 1.82) is 0 Å². The Balaban J connectivity index is 1.89. The summed E-state index contributed by atoms with van der Waals surface area (Å²) in [6.45, 7) is 2.15. The van der Waals surface area contributed by atoms with E-state index in [1.54, 1.807) is 4.90 Å². The van der Waals surface area contributed by atoms with Crippen LogP contribution in [-0.2, 0) is 4.79 Å². The van der Waals surface area contributed by atoms with Gasteiger partial charge in [-0.1, -0.05) is 0 Å². The van der Waals surface area contributed by atoms with Crippen molar-refractivity contribution < 1.29 is 19.1 Å². The smallest absolute Gasteiger partial charge is 0.223 e. The maximum atomic E-state index is 12.9. The molecule has 1 heterocycles. The van der Waals surface area contributed by atoms with E-state index >= 15 is 0 Å². The van der Waals surface area contributed by atoms with E-state index in [0.717, 1.165) is 13.0 Å². The fraction of sp³-hybridized carbons (Fsp3) is 0.579. The Hall–Kier alpha value is -1.79. The molecule has 25 heavy (non-hydrogen) atoms. The monoisotopic (exact) mass is 350 g/mol. The summed E-state index contributed by atoms with van der Waals surface area (Å²) in [6.07, 6.45) is 1.17. The first-order valence-corrected chi connectivity index (χ1v) is 8.71. The van der Waals surface area contributed by atoms with Gasteiger partial charge in [-0.2, -0.15) is 0 Å². The number of Topliss-reactive ketones (excluding diaryl/α,β-unsaturated/α-hetero) is 1. The zero-order valence-corrected chi connectivity index (χ0v) is 14.9. The highest BCUT2D eigenvalue weighted by atomic mass is 19.1. The predicted octanol–water partition coefficient (Wildman–Crippen LogP) is 1.81. The number of amides is 1. The lowest BCUT2D eigenvalue weighted by Gasteiger charge is -2.38. The van der Waals surface area contributed by atoms with Gasteiger partial charge in [0.05, 0.1) is 0 Å². The standard InChI is InChI=1S/C19H27FN2O3/c1-21(2)10-14-9-15(13-23)12-22(11-14)19(25)8-7-18(24)16-3-5-17(20)6-4-16/h3-6,14-15,23H,7-13H2,1-2H3/t14-,15+/m0/s1. The quantitative estimate of drug-likeness (QED) is 0.762. The molecule has 1 amide bonds. The average molecular weight is 350 g/mol. The first-order valence-electron chi connectivity index (χ1n) is 8.71. The van der Waals surface area contributed by atoms with E-state index in [2.05, 4.69) is 4.90 Å². The van der Waals surface area contributed by atoms with Gasteiger partial charge in [0, 0.05) is 44.6 Å². The van der Waals surface area contributed by atoms with Crippen LogP contribution in [0.2, 0.25) is 0 Å². The maximum Gasteiger partial charge on any atom is 0.223 e. The fourth-order valence-electron chi connectivity index (χ4n) is 3.46. The minimum atomic E-state index is -0.386. The van der Waals surface area contributed by atoms with Crippen molar-refractivity contribution in [2.45, 2.75) is 19.3 Å². The van der Waals surface area contributed by atoms with Crippen LogP contribution < -0.4 is 0 Å². The van der Waals surface area contributed by atoms with Crippen LogP contribution in [0.1, 0.15) is 29.6 Å². The third-order valence-electron chi connectivity index (χ3n) is 4.59. The van der Waals surface area contributed by atoms with E-state index < -0.39 is 0 Å². The highest BCUT2D eigenvalue weighted by Gasteiger charge is 2.29. The molecule has 1 fully saturated rings. The van der Waals surface area contributed by atoms with Gasteiger partial charge >= 0.3 is 0 Å². The molecule has 0 radical (unpaired) electrons. The van der Waals surface area contributed by atoms with Crippen molar-refractivity contribution in [2.75, 3.05) is 40.3 Å². The lowest BCUT2D eigenvalue weighted by Crippen LogP contribution is -2.47. The zero-order valence-electron chi connectivity index (χ0n) is 14.9. The van der Waals surface area contributed by atoms with E-state index in [0.29, 0.717) is 24.6 Å². The predicted molar refractivity (Wildman–Crippen MR) is 93.8 cm³/mol. The Bertz CT molecular complexity index is 589. The molecule has 1 N–H and O–H groups in total. The second-order valence-electron chi connectivity index (χ2n) is 7.14. The minimum Gasteiger partial charge on any atom is -0.396 e. The van der Waals surface area contributed by atoms with Gasteiger partial charge in [-0.05, 0) is 56.6 Å².